The Hall–Kier alpha value is -4.92. The molecule has 2 aromatic heterocycles. The Kier molecular flexibility index (Phi) is 8.19. The van der Waals surface area contributed by atoms with Crippen LogP contribution in [0.1, 0.15) is 35.2 Å². The summed E-state index contributed by atoms with van der Waals surface area (Å²) in [6.07, 6.45) is 9.73. The number of nitrogens with zero attached hydrogens (tertiary/aromatic N) is 5. The van der Waals surface area contributed by atoms with Crippen LogP contribution >= 0.6 is 0 Å². The molecule has 8 heteroatoms. The number of pyridine rings is 1. The molecule has 5 aromatic rings. The molecular weight excluding hydrogens is 584 g/mol. The molecule has 1 fully saturated rings. The quantitative estimate of drug-likeness (QED) is 0.214. The van der Waals surface area contributed by atoms with Gasteiger partial charge in [-0.3, -0.25) is 4.90 Å². The Morgan fingerprint density at radius 2 is 1.70 bits per heavy atom. The molecule has 0 amide bonds. The molecule has 47 heavy (non-hydrogen) atoms. The van der Waals surface area contributed by atoms with Crippen molar-refractivity contribution in [3.05, 3.63) is 137 Å². The predicted molar refractivity (Wildman–Crippen MR) is 186 cm³/mol. The summed E-state index contributed by atoms with van der Waals surface area (Å²) >= 11 is 0. The Labute approximate surface area is 275 Å². The van der Waals surface area contributed by atoms with Crippen molar-refractivity contribution in [2.24, 2.45) is 0 Å². The minimum absolute atomic E-state index is 0.00913. The van der Waals surface area contributed by atoms with Gasteiger partial charge >= 0.3 is 0 Å². The molecule has 8 nitrogen and oxygen atoms in total. The Morgan fingerprint density at radius 1 is 0.872 bits per heavy atom. The second-order valence-corrected chi connectivity index (χ2v) is 12.6. The Bertz CT molecular complexity index is 1910. The molecule has 238 valence electrons. The van der Waals surface area contributed by atoms with Gasteiger partial charge in [0.1, 0.15) is 18.5 Å². The van der Waals surface area contributed by atoms with E-state index in [2.05, 4.69) is 91.5 Å². The highest BCUT2D eigenvalue weighted by Crippen LogP contribution is 2.42. The second kappa shape index (κ2) is 13.1. The number of ether oxygens (including phenoxy) is 1. The van der Waals surface area contributed by atoms with Crippen LogP contribution in [0.5, 0.6) is 5.75 Å². The first-order valence-electron chi connectivity index (χ1n) is 16.7. The lowest BCUT2D eigenvalue weighted by atomic mass is 9.88. The number of piperidine rings is 1. The number of aliphatic hydroxyl groups is 1. The van der Waals surface area contributed by atoms with Crippen LogP contribution < -0.4 is 9.64 Å². The summed E-state index contributed by atoms with van der Waals surface area (Å²) in [5, 5.41) is 11.5. The van der Waals surface area contributed by atoms with Crippen LogP contribution in [0.15, 0.2) is 115 Å². The van der Waals surface area contributed by atoms with Gasteiger partial charge in [-0.2, -0.15) is 0 Å². The lowest BCUT2D eigenvalue weighted by molar-refractivity contribution is 0.246. The first-order valence-corrected chi connectivity index (χ1v) is 16.7. The van der Waals surface area contributed by atoms with Crippen LogP contribution in [0.25, 0.3) is 16.5 Å². The summed E-state index contributed by atoms with van der Waals surface area (Å²) in [5.74, 6) is 1.67. The number of benzene rings is 3. The number of aliphatic hydroxyl groups excluding tert-OH is 1. The number of fused-ring (bicyclic) bond motifs is 3. The molecule has 1 saturated heterocycles. The molecule has 0 bridgehead atoms. The fourth-order valence-electron chi connectivity index (χ4n) is 7.34. The first-order chi connectivity index (χ1) is 23.2. The van der Waals surface area contributed by atoms with Gasteiger partial charge in [0.2, 0.25) is 5.95 Å². The van der Waals surface area contributed by atoms with Gasteiger partial charge < -0.3 is 24.6 Å². The molecule has 0 spiro atoms. The van der Waals surface area contributed by atoms with Crippen molar-refractivity contribution in [1.82, 2.24) is 24.8 Å². The van der Waals surface area contributed by atoms with Crippen molar-refractivity contribution in [2.75, 3.05) is 37.7 Å². The van der Waals surface area contributed by atoms with Crippen molar-refractivity contribution in [3.63, 3.8) is 0 Å². The topological polar surface area (TPSA) is 80.8 Å². The zero-order valence-electron chi connectivity index (χ0n) is 26.6. The van der Waals surface area contributed by atoms with E-state index in [1.165, 1.54) is 27.8 Å². The van der Waals surface area contributed by atoms with E-state index in [9.17, 15) is 5.11 Å². The third kappa shape index (κ3) is 6.02. The average Bonchev–Trinajstić information content (AvgIpc) is 3.75. The van der Waals surface area contributed by atoms with E-state index < -0.39 is 0 Å². The minimum Gasteiger partial charge on any atom is -0.487 e. The van der Waals surface area contributed by atoms with Gasteiger partial charge in [-0.25, -0.2) is 9.97 Å². The van der Waals surface area contributed by atoms with Crippen LogP contribution in [-0.2, 0) is 19.4 Å². The SMILES string of the molecule is OCC1=CN(c2ncc[nH]2)C2C(=C3CCN(CCc4ccc(OCc5ccc6ccccc6n5)cc4)CC3)c3ccccc3CCN12. The van der Waals surface area contributed by atoms with Crippen molar-refractivity contribution >= 4 is 22.4 Å². The highest BCUT2D eigenvalue weighted by atomic mass is 16.5. The number of H-pyrrole nitrogens is 1. The number of rotatable bonds is 8. The summed E-state index contributed by atoms with van der Waals surface area (Å²) in [4.78, 5) is 19.8. The molecule has 5 heterocycles. The molecule has 3 aliphatic heterocycles. The standard InChI is InChI=1S/C39H40N6O2/c46-26-33-25-45(39-40-19-20-41-39)38-37(35-7-3-1-5-29(35)18-24-44(33)38)31-16-22-43(23-17-31)21-15-28-9-13-34(14-10-28)47-27-32-12-11-30-6-2-4-8-36(30)42-32/h1-14,19-20,25,38,46H,15-18,21-24,26-27H2,(H,40,41). The molecule has 8 rings (SSSR count). The van der Waals surface area contributed by atoms with Crippen molar-refractivity contribution in [2.45, 2.75) is 38.5 Å². The van der Waals surface area contributed by atoms with Gasteiger partial charge in [-0.1, -0.05) is 66.2 Å². The van der Waals surface area contributed by atoms with Crippen molar-refractivity contribution < 1.29 is 9.84 Å². The maximum absolute atomic E-state index is 10.3. The number of hydrogen-bond donors (Lipinski definition) is 2. The number of nitrogens with one attached hydrogen (secondary N) is 1. The van der Waals surface area contributed by atoms with Crippen molar-refractivity contribution in [3.8, 4) is 5.75 Å². The maximum Gasteiger partial charge on any atom is 0.208 e. The number of aromatic nitrogens is 3. The molecule has 3 aromatic carbocycles. The molecule has 0 saturated carbocycles. The summed E-state index contributed by atoms with van der Waals surface area (Å²) in [6.45, 7) is 4.43. The molecule has 2 N–H and O–H groups in total. The van der Waals surface area contributed by atoms with E-state index in [0.717, 1.165) is 85.9 Å². The third-order valence-electron chi connectivity index (χ3n) is 9.82. The van der Waals surface area contributed by atoms with E-state index in [0.29, 0.717) is 6.61 Å². The zero-order valence-corrected chi connectivity index (χ0v) is 26.6. The van der Waals surface area contributed by atoms with E-state index >= 15 is 0 Å². The highest BCUT2D eigenvalue weighted by Gasteiger charge is 2.40. The number of para-hydroxylation sites is 1. The molecule has 3 aliphatic rings. The van der Waals surface area contributed by atoms with Crippen molar-refractivity contribution in [1.29, 1.82) is 0 Å². The van der Waals surface area contributed by atoms with Crippen LogP contribution in [0, 0.1) is 0 Å². The first kappa shape index (κ1) is 29.5. The summed E-state index contributed by atoms with van der Waals surface area (Å²) < 4.78 is 6.06. The Balaban J connectivity index is 0.930. The van der Waals surface area contributed by atoms with Gasteiger partial charge in [-0.15, -0.1) is 0 Å². The van der Waals surface area contributed by atoms with E-state index in [-0.39, 0.29) is 12.8 Å². The zero-order chi connectivity index (χ0) is 31.6. The van der Waals surface area contributed by atoms with Gasteiger partial charge in [0, 0.05) is 55.7 Å². The highest BCUT2D eigenvalue weighted by molar-refractivity contribution is 5.80. The number of anilines is 1. The lowest BCUT2D eigenvalue weighted by Crippen LogP contribution is -2.42. The normalized spacial score (nSPS) is 18.2. The fraction of sp³-hybridized carbons (Fsp3) is 0.282. The molecular formula is C39H40N6O2. The summed E-state index contributed by atoms with van der Waals surface area (Å²) in [5.41, 5.74) is 9.79. The number of likely N-dealkylation sites (tertiary alicyclic amines) is 1. The number of hydrogen-bond acceptors (Lipinski definition) is 7. The van der Waals surface area contributed by atoms with Gasteiger partial charge in [0.15, 0.2) is 0 Å². The van der Waals surface area contributed by atoms with E-state index in [4.69, 9.17) is 9.72 Å². The van der Waals surface area contributed by atoms with Crippen LogP contribution in [-0.4, -0.2) is 68.8 Å². The van der Waals surface area contributed by atoms with E-state index in [1.807, 2.05) is 30.5 Å². The smallest absolute Gasteiger partial charge is 0.208 e. The Morgan fingerprint density at radius 3 is 2.53 bits per heavy atom. The molecule has 1 atom stereocenters. The number of imidazole rings is 1. The van der Waals surface area contributed by atoms with Gasteiger partial charge in [-0.05, 0) is 66.6 Å². The van der Waals surface area contributed by atoms with Crippen LogP contribution in [0.2, 0.25) is 0 Å². The maximum atomic E-state index is 10.3. The van der Waals surface area contributed by atoms with E-state index in [1.54, 1.807) is 6.20 Å². The third-order valence-corrected chi connectivity index (χ3v) is 9.82. The molecule has 1 unspecified atom stereocenters. The molecule has 0 radical (unpaired) electrons. The molecule has 0 aliphatic carbocycles. The predicted octanol–water partition coefficient (Wildman–Crippen LogP) is 6.17. The second-order valence-electron chi connectivity index (χ2n) is 12.6. The van der Waals surface area contributed by atoms with Gasteiger partial charge in [0.05, 0.1) is 23.5 Å². The fourth-order valence-corrected chi connectivity index (χ4v) is 7.34. The minimum atomic E-state index is -0.0220. The number of aromatic amines is 1. The van der Waals surface area contributed by atoms with Crippen LogP contribution in [0.3, 0.4) is 0 Å². The average molecular weight is 625 g/mol. The summed E-state index contributed by atoms with van der Waals surface area (Å²) in [7, 11) is 0. The largest absolute Gasteiger partial charge is 0.487 e. The lowest BCUT2D eigenvalue weighted by Gasteiger charge is -2.37. The van der Waals surface area contributed by atoms with Crippen LogP contribution in [0.4, 0.5) is 5.95 Å². The van der Waals surface area contributed by atoms with Gasteiger partial charge in [0.25, 0.3) is 0 Å². The monoisotopic (exact) mass is 624 g/mol. The summed E-state index contributed by atoms with van der Waals surface area (Å²) in [6, 6.07) is 29.7.